The zero-order valence-corrected chi connectivity index (χ0v) is 13.2. The minimum Gasteiger partial charge on any atom is -0.493 e. The van der Waals surface area contributed by atoms with Crippen LogP contribution in [0.25, 0.3) is 0 Å². The molecule has 2 aromatic carbocycles. The lowest BCUT2D eigenvalue weighted by Gasteiger charge is -2.13. The molecule has 0 fully saturated rings. The average Bonchev–Trinajstić information content (AvgIpc) is 2.53. The van der Waals surface area contributed by atoms with Crippen molar-refractivity contribution in [2.24, 2.45) is 5.10 Å². The average molecular weight is 298 g/mol. The molecule has 0 bridgehead atoms. The Morgan fingerprint density at radius 1 is 1.09 bits per heavy atom. The van der Waals surface area contributed by atoms with E-state index >= 15 is 0 Å². The second-order valence-corrected chi connectivity index (χ2v) is 5.16. The minimum absolute atomic E-state index is 0.112. The lowest BCUT2D eigenvalue weighted by atomic mass is 10.2. The lowest BCUT2D eigenvalue weighted by Crippen LogP contribution is -2.07. The van der Waals surface area contributed by atoms with Gasteiger partial charge in [-0.1, -0.05) is 30.3 Å². The summed E-state index contributed by atoms with van der Waals surface area (Å²) in [5, 5.41) is 4.23. The predicted octanol–water partition coefficient (Wildman–Crippen LogP) is 3.61. The highest BCUT2D eigenvalue weighted by Crippen LogP contribution is 2.28. The Kier molecular flexibility index (Phi) is 5.83. The smallest absolute Gasteiger partial charge is 0.161 e. The molecule has 1 N–H and O–H groups in total. The summed E-state index contributed by atoms with van der Waals surface area (Å²) in [4.78, 5) is 0. The first-order valence-electron chi connectivity index (χ1n) is 7.33. The van der Waals surface area contributed by atoms with Crippen LogP contribution in [-0.2, 0) is 6.54 Å². The van der Waals surface area contributed by atoms with Crippen LogP contribution in [0.15, 0.2) is 53.6 Å². The number of ether oxygens (including phenoxy) is 2. The summed E-state index contributed by atoms with van der Waals surface area (Å²) >= 11 is 0. The fraction of sp³-hybridized carbons (Fsp3) is 0.278. The van der Waals surface area contributed by atoms with Crippen LogP contribution in [0.1, 0.15) is 25.0 Å². The largest absolute Gasteiger partial charge is 0.493 e. The molecular formula is C18H22N2O2. The SMILES string of the molecule is COc1cc(C=NNCc2ccccc2)ccc1OC(C)C. The predicted molar refractivity (Wildman–Crippen MR) is 89.6 cm³/mol. The molecule has 0 amide bonds. The van der Waals surface area contributed by atoms with Gasteiger partial charge in [0.1, 0.15) is 0 Å². The van der Waals surface area contributed by atoms with Gasteiger partial charge in [-0.15, -0.1) is 0 Å². The first kappa shape index (κ1) is 15.9. The summed E-state index contributed by atoms with van der Waals surface area (Å²) in [5.74, 6) is 1.45. The van der Waals surface area contributed by atoms with Crippen LogP contribution in [-0.4, -0.2) is 19.4 Å². The normalized spacial score (nSPS) is 10.9. The van der Waals surface area contributed by atoms with Gasteiger partial charge in [-0.3, -0.25) is 0 Å². The van der Waals surface area contributed by atoms with Gasteiger partial charge in [0, 0.05) is 0 Å². The molecule has 116 valence electrons. The Balaban J connectivity index is 1.96. The summed E-state index contributed by atoms with van der Waals surface area (Å²) in [6.45, 7) is 4.67. The van der Waals surface area contributed by atoms with Crippen molar-refractivity contribution in [3.05, 3.63) is 59.7 Å². The molecule has 4 heteroatoms. The summed E-state index contributed by atoms with van der Waals surface area (Å²) in [5.41, 5.74) is 5.18. The number of benzene rings is 2. The first-order valence-corrected chi connectivity index (χ1v) is 7.33. The quantitative estimate of drug-likeness (QED) is 0.627. The molecule has 0 aliphatic carbocycles. The van der Waals surface area contributed by atoms with E-state index in [0.29, 0.717) is 12.3 Å². The Bertz CT molecular complexity index is 610. The van der Waals surface area contributed by atoms with Gasteiger partial charge in [-0.05, 0) is 43.2 Å². The fourth-order valence-electron chi connectivity index (χ4n) is 1.97. The van der Waals surface area contributed by atoms with Gasteiger partial charge in [-0.25, -0.2) is 0 Å². The molecule has 2 rings (SSSR count). The lowest BCUT2D eigenvalue weighted by molar-refractivity contribution is 0.230. The van der Waals surface area contributed by atoms with Crippen molar-refractivity contribution in [1.82, 2.24) is 5.43 Å². The van der Waals surface area contributed by atoms with Gasteiger partial charge >= 0.3 is 0 Å². The van der Waals surface area contributed by atoms with Crippen molar-refractivity contribution in [3.8, 4) is 11.5 Å². The van der Waals surface area contributed by atoms with E-state index in [1.807, 2.05) is 50.2 Å². The number of hydrazone groups is 1. The third-order valence-corrected chi connectivity index (χ3v) is 2.98. The topological polar surface area (TPSA) is 42.8 Å². The highest BCUT2D eigenvalue weighted by atomic mass is 16.5. The summed E-state index contributed by atoms with van der Waals surface area (Å²) in [6, 6.07) is 15.9. The van der Waals surface area contributed by atoms with Crippen LogP contribution in [0.3, 0.4) is 0 Å². The van der Waals surface area contributed by atoms with E-state index in [0.717, 1.165) is 11.3 Å². The maximum Gasteiger partial charge on any atom is 0.161 e. The number of hydrogen-bond acceptors (Lipinski definition) is 4. The van der Waals surface area contributed by atoms with Crippen molar-refractivity contribution < 1.29 is 9.47 Å². The second kappa shape index (κ2) is 8.08. The van der Waals surface area contributed by atoms with Gasteiger partial charge in [0.05, 0.1) is 26.0 Å². The molecule has 0 unspecified atom stereocenters. The number of hydrogen-bond donors (Lipinski definition) is 1. The molecule has 0 aliphatic heterocycles. The minimum atomic E-state index is 0.112. The number of nitrogens with one attached hydrogen (secondary N) is 1. The monoisotopic (exact) mass is 298 g/mol. The van der Waals surface area contributed by atoms with Crippen LogP contribution < -0.4 is 14.9 Å². The van der Waals surface area contributed by atoms with Gasteiger partial charge in [0.25, 0.3) is 0 Å². The van der Waals surface area contributed by atoms with E-state index in [2.05, 4.69) is 22.7 Å². The molecule has 0 saturated carbocycles. The van der Waals surface area contributed by atoms with Gasteiger partial charge in [0.15, 0.2) is 11.5 Å². The van der Waals surface area contributed by atoms with E-state index in [4.69, 9.17) is 9.47 Å². The van der Waals surface area contributed by atoms with E-state index in [-0.39, 0.29) is 6.10 Å². The molecule has 0 saturated heterocycles. The third-order valence-electron chi connectivity index (χ3n) is 2.98. The zero-order chi connectivity index (χ0) is 15.8. The van der Waals surface area contributed by atoms with Gasteiger partial charge in [0.2, 0.25) is 0 Å². The van der Waals surface area contributed by atoms with E-state index < -0.39 is 0 Å². The molecule has 4 nitrogen and oxygen atoms in total. The van der Waals surface area contributed by atoms with Crippen molar-refractivity contribution >= 4 is 6.21 Å². The van der Waals surface area contributed by atoms with E-state index in [1.54, 1.807) is 13.3 Å². The van der Waals surface area contributed by atoms with Gasteiger partial charge in [-0.2, -0.15) is 5.10 Å². The first-order chi connectivity index (χ1) is 10.7. The molecular weight excluding hydrogens is 276 g/mol. The molecule has 0 heterocycles. The number of nitrogens with zero attached hydrogens (tertiary/aromatic N) is 1. The Hall–Kier alpha value is -2.49. The molecule has 22 heavy (non-hydrogen) atoms. The molecule has 0 radical (unpaired) electrons. The van der Waals surface area contributed by atoms with Crippen LogP contribution >= 0.6 is 0 Å². The molecule has 0 aromatic heterocycles. The van der Waals surface area contributed by atoms with Crippen LogP contribution in [0, 0.1) is 0 Å². The van der Waals surface area contributed by atoms with Crippen LogP contribution in [0.5, 0.6) is 11.5 Å². The van der Waals surface area contributed by atoms with E-state index in [1.165, 1.54) is 5.56 Å². The standard InChI is InChI=1S/C18H22N2O2/c1-14(2)22-17-10-9-16(11-18(17)21-3)13-20-19-12-15-7-5-4-6-8-15/h4-11,13-14,19H,12H2,1-3H3. The Labute approximate surface area is 131 Å². The van der Waals surface area contributed by atoms with Crippen molar-refractivity contribution in [2.75, 3.05) is 7.11 Å². The number of rotatable bonds is 7. The summed E-state index contributed by atoms with van der Waals surface area (Å²) in [7, 11) is 1.64. The molecule has 2 aromatic rings. The highest BCUT2D eigenvalue weighted by molar-refractivity contribution is 5.80. The van der Waals surface area contributed by atoms with Crippen LogP contribution in [0.2, 0.25) is 0 Å². The van der Waals surface area contributed by atoms with E-state index in [9.17, 15) is 0 Å². The fourth-order valence-corrected chi connectivity index (χ4v) is 1.97. The number of methoxy groups -OCH3 is 1. The Morgan fingerprint density at radius 3 is 2.55 bits per heavy atom. The second-order valence-electron chi connectivity index (χ2n) is 5.16. The summed E-state index contributed by atoms with van der Waals surface area (Å²) in [6.07, 6.45) is 1.88. The summed E-state index contributed by atoms with van der Waals surface area (Å²) < 4.78 is 11.0. The Morgan fingerprint density at radius 2 is 1.86 bits per heavy atom. The molecule has 0 aliphatic rings. The van der Waals surface area contributed by atoms with Crippen molar-refractivity contribution in [3.63, 3.8) is 0 Å². The van der Waals surface area contributed by atoms with Crippen molar-refractivity contribution in [2.45, 2.75) is 26.5 Å². The zero-order valence-electron chi connectivity index (χ0n) is 13.2. The maximum absolute atomic E-state index is 5.69. The van der Waals surface area contributed by atoms with Gasteiger partial charge < -0.3 is 14.9 Å². The highest BCUT2D eigenvalue weighted by Gasteiger charge is 2.06. The maximum atomic E-state index is 5.69. The third kappa shape index (κ3) is 4.81. The molecule has 0 atom stereocenters. The van der Waals surface area contributed by atoms with Crippen LogP contribution in [0.4, 0.5) is 0 Å². The van der Waals surface area contributed by atoms with Crippen molar-refractivity contribution in [1.29, 1.82) is 0 Å². The molecule has 0 spiro atoms.